The van der Waals surface area contributed by atoms with Crippen molar-refractivity contribution in [2.75, 3.05) is 6.61 Å². The Labute approximate surface area is 244 Å². The standard InChI is InChI=1S/C31H36F2O6S2/c1-21(31(32,33)41(34,35)36)38-24-13-17-26(18-14-24)40(25-15-11-22(12-16-25)28(2,3)4)27-10-8-9-23(19-27)30(7)37-20-29(5,6)39-30/h8-19,21H,20H2,1-7H3/p+1. The van der Waals surface area contributed by atoms with E-state index in [0.717, 1.165) is 27.2 Å². The maximum atomic E-state index is 14.0. The van der Waals surface area contributed by atoms with Crippen molar-refractivity contribution in [2.45, 2.75) is 91.3 Å². The third-order valence-corrected chi connectivity index (χ3v) is 10.1. The van der Waals surface area contributed by atoms with Gasteiger partial charge in [-0.1, -0.05) is 45.0 Å². The fourth-order valence-electron chi connectivity index (χ4n) is 4.58. The summed E-state index contributed by atoms with van der Waals surface area (Å²) in [5, 5.41) is -4.46. The van der Waals surface area contributed by atoms with Crippen molar-refractivity contribution in [1.29, 1.82) is 0 Å². The highest BCUT2D eigenvalue weighted by Crippen LogP contribution is 2.41. The molecule has 0 amide bonds. The van der Waals surface area contributed by atoms with Crippen LogP contribution in [0.1, 0.15) is 59.6 Å². The molecule has 0 radical (unpaired) electrons. The van der Waals surface area contributed by atoms with Crippen LogP contribution in [0.15, 0.2) is 87.5 Å². The van der Waals surface area contributed by atoms with Crippen molar-refractivity contribution in [3.05, 3.63) is 83.9 Å². The lowest BCUT2D eigenvalue weighted by Gasteiger charge is -2.26. The predicted molar refractivity (Wildman–Crippen MR) is 155 cm³/mol. The Hall–Kier alpha value is -2.50. The molecule has 3 unspecified atom stereocenters. The molecular weight excluding hydrogens is 570 g/mol. The van der Waals surface area contributed by atoms with Crippen LogP contribution in [0.25, 0.3) is 0 Å². The summed E-state index contributed by atoms with van der Waals surface area (Å²) in [6.07, 6.45) is -2.10. The Bertz CT molecular complexity index is 1480. The average Bonchev–Trinajstić information content (AvgIpc) is 3.18. The van der Waals surface area contributed by atoms with Crippen LogP contribution in [0.4, 0.5) is 8.78 Å². The van der Waals surface area contributed by atoms with Gasteiger partial charge >= 0.3 is 15.4 Å². The molecule has 0 saturated carbocycles. The van der Waals surface area contributed by atoms with Gasteiger partial charge in [0.25, 0.3) is 0 Å². The van der Waals surface area contributed by atoms with E-state index in [4.69, 9.17) is 18.8 Å². The molecule has 222 valence electrons. The van der Waals surface area contributed by atoms with Crippen LogP contribution in [0.5, 0.6) is 5.75 Å². The second-order valence-electron chi connectivity index (χ2n) is 12.0. The lowest BCUT2D eigenvalue weighted by molar-refractivity contribution is -0.176. The molecule has 3 atom stereocenters. The zero-order chi connectivity index (χ0) is 30.4. The normalized spacial score (nSPS) is 20.9. The van der Waals surface area contributed by atoms with Crippen LogP contribution >= 0.6 is 0 Å². The van der Waals surface area contributed by atoms with Crippen molar-refractivity contribution in [3.8, 4) is 5.75 Å². The second kappa shape index (κ2) is 11.0. The van der Waals surface area contributed by atoms with Gasteiger partial charge in [-0.05, 0) is 81.1 Å². The van der Waals surface area contributed by atoms with Crippen molar-refractivity contribution in [2.24, 2.45) is 0 Å². The minimum absolute atomic E-state index is 0.0185. The molecule has 1 saturated heterocycles. The molecule has 1 aliphatic heterocycles. The van der Waals surface area contributed by atoms with Crippen molar-refractivity contribution < 1.29 is 36.0 Å². The molecule has 3 aromatic rings. The van der Waals surface area contributed by atoms with Gasteiger partial charge < -0.3 is 14.2 Å². The van der Waals surface area contributed by atoms with E-state index in [-0.39, 0.29) is 11.2 Å². The lowest BCUT2D eigenvalue weighted by atomic mass is 9.87. The van der Waals surface area contributed by atoms with Gasteiger partial charge in [0.2, 0.25) is 0 Å². The number of halogens is 2. The number of rotatable bonds is 8. The summed E-state index contributed by atoms with van der Waals surface area (Å²) in [6.45, 7) is 13.7. The molecule has 1 heterocycles. The maximum Gasteiger partial charge on any atom is 0.405 e. The summed E-state index contributed by atoms with van der Waals surface area (Å²) in [5.74, 6) is -0.857. The number of hydrogen-bond acceptors (Lipinski definition) is 5. The maximum absolute atomic E-state index is 14.0. The minimum atomic E-state index is -5.63. The van der Waals surface area contributed by atoms with Gasteiger partial charge in [-0.3, -0.25) is 4.55 Å². The minimum Gasteiger partial charge on any atom is -0.483 e. The van der Waals surface area contributed by atoms with Gasteiger partial charge in [-0.25, -0.2) is 0 Å². The Balaban J connectivity index is 1.73. The monoisotopic (exact) mass is 607 g/mol. The highest BCUT2D eigenvalue weighted by molar-refractivity contribution is 7.97. The molecule has 1 aliphatic rings. The fraction of sp³-hybridized carbons (Fsp3) is 0.419. The first kappa shape index (κ1) is 31.4. The predicted octanol–water partition coefficient (Wildman–Crippen LogP) is 7.33. The van der Waals surface area contributed by atoms with Crippen molar-refractivity contribution in [3.63, 3.8) is 0 Å². The molecule has 10 heteroatoms. The summed E-state index contributed by atoms with van der Waals surface area (Å²) in [7, 11) is -6.23. The molecule has 0 aromatic heterocycles. The largest absolute Gasteiger partial charge is 0.483 e. The second-order valence-corrected chi connectivity index (χ2v) is 15.5. The number of alkyl halides is 2. The van der Waals surface area contributed by atoms with Gasteiger partial charge in [0.15, 0.2) is 26.6 Å². The Morgan fingerprint density at radius 2 is 1.49 bits per heavy atom. The lowest BCUT2D eigenvalue weighted by Crippen LogP contribution is -2.42. The highest BCUT2D eigenvalue weighted by Gasteiger charge is 2.51. The summed E-state index contributed by atoms with van der Waals surface area (Å²) in [5.41, 5.74) is 1.63. The summed E-state index contributed by atoms with van der Waals surface area (Å²) >= 11 is 0. The van der Waals surface area contributed by atoms with Crippen LogP contribution in [0.3, 0.4) is 0 Å². The summed E-state index contributed by atoms with van der Waals surface area (Å²) in [6, 6.07) is 23.1. The third-order valence-electron chi connectivity index (χ3n) is 6.91. The number of ether oxygens (including phenoxy) is 3. The smallest absolute Gasteiger partial charge is 0.405 e. The van der Waals surface area contributed by atoms with Gasteiger partial charge in [-0.15, -0.1) is 0 Å². The van der Waals surface area contributed by atoms with Crippen molar-refractivity contribution >= 4 is 21.0 Å². The number of benzene rings is 3. The van der Waals surface area contributed by atoms with Crippen LogP contribution in [-0.4, -0.2) is 36.5 Å². The molecule has 0 spiro atoms. The van der Waals surface area contributed by atoms with Crippen LogP contribution in [-0.2, 0) is 41.7 Å². The van der Waals surface area contributed by atoms with Gasteiger partial charge in [0, 0.05) is 11.6 Å². The van der Waals surface area contributed by atoms with E-state index < -0.39 is 43.8 Å². The van der Waals surface area contributed by atoms with Crippen LogP contribution in [0, 0.1) is 0 Å². The fourth-order valence-corrected chi connectivity index (χ4v) is 7.14. The zero-order valence-corrected chi connectivity index (χ0v) is 25.9. The van der Waals surface area contributed by atoms with E-state index in [1.54, 1.807) is 12.1 Å². The van der Waals surface area contributed by atoms with Gasteiger partial charge in [0.05, 0.1) is 23.1 Å². The summed E-state index contributed by atoms with van der Waals surface area (Å²) < 4.78 is 76.8. The molecule has 1 fully saturated rings. The molecule has 3 aromatic carbocycles. The van der Waals surface area contributed by atoms with E-state index in [2.05, 4.69) is 51.1 Å². The Kier molecular flexibility index (Phi) is 8.41. The Morgan fingerprint density at radius 1 is 0.927 bits per heavy atom. The topological polar surface area (TPSA) is 82.1 Å². The third kappa shape index (κ3) is 6.78. The highest BCUT2D eigenvalue weighted by atomic mass is 32.2. The molecule has 41 heavy (non-hydrogen) atoms. The average molecular weight is 608 g/mol. The first-order valence-corrected chi connectivity index (χ1v) is 15.9. The van der Waals surface area contributed by atoms with E-state index in [1.165, 1.54) is 17.7 Å². The number of hydrogen-bond donors (Lipinski definition) is 1. The molecule has 1 N–H and O–H groups in total. The van der Waals surface area contributed by atoms with Crippen LogP contribution < -0.4 is 4.74 Å². The van der Waals surface area contributed by atoms with Crippen molar-refractivity contribution in [1.82, 2.24) is 0 Å². The first-order chi connectivity index (χ1) is 18.8. The van der Waals surface area contributed by atoms with E-state index in [1.807, 2.05) is 39.0 Å². The van der Waals surface area contributed by atoms with E-state index >= 15 is 0 Å². The van der Waals surface area contributed by atoms with Gasteiger partial charge in [0.1, 0.15) is 5.75 Å². The molecule has 6 nitrogen and oxygen atoms in total. The summed E-state index contributed by atoms with van der Waals surface area (Å²) in [4.78, 5) is 2.95. The zero-order valence-electron chi connectivity index (χ0n) is 24.3. The SMILES string of the molecule is CC(Oc1ccc([S+](c2ccc(C(C)(C)C)cc2)c2cccc(C3(C)OCC(C)(C)O3)c2)cc1)C(F)(F)S(=O)(=O)O. The Morgan fingerprint density at radius 3 is 1.98 bits per heavy atom. The quantitative estimate of drug-likeness (QED) is 0.213. The molecule has 4 rings (SSSR count). The van der Waals surface area contributed by atoms with E-state index in [9.17, 15) is 17.2 Å². The molecular formula is C31H37F2O6S2+. The molecule has 0 bridgehead atoms. The van der Waals surface area contributed by atoms with Crippen LogP contribution in [0.2, 0.25) is 0 Å². The molecule has 0 aliphatic carbocycles. The first-order valence-electron chi connectivity index (χ1n) is 13.2. The van der Waals surface area contributed by atoms with Gasteiger partial charge in [-0.2, -0.15) is 17.2 Å². The van der Waals surface area contributed by atoms with E-state index in [0.29, 0.717) is 6.61 Å².